The molecule has 0 saturated carbocycles. The highest BCUT2D eigenvalue weighted by molar-refractivity contribution is 7.24. The summed E-state index contributed by atoms with van der Waals surface area (Å²) in [6, 6.07) is 67.7. The van der Waals surface area contributed by atoms with Crippen LogP contribution in [0.4, 0.5) is 0 Å². The molecule has 0 N–H and O–H groups in total. The van der Waals surface area contributed by atoms with E-state index >= 15 is 0 Å². The minimum atomic E-state index is 0.707. The Kier molecular flexibility index (Phi) is 6.80. The highest BCUT2D eigenvalue weighted by Crippen LogP contribution is 2.47. The largest absolute Gasteiger partial charge is 0.309 e. The lowest BCUT2D eigenvalue weighted by atomic mass is 9.98. The molecule has 3 aromatic heterocycles. The molecule has 0 aliphatic rings. The molecule has 0 atom stereocenters. The van der Waals surface area contributed by atoms with Crippen molar-refractivity contribution in [2.75, 3.05) is 0 Å². The summed E-state index contributed by atoms with van der Waals surface area (Å²) in [5.74, 6) is 0.707. The van der Waals surface area contributed by atoms with Crippen LogP contribution in [0.25, 0.3) is 114 Å². The quantitative estimate of drug-likeness (QED) is 0.177. The number of benzene rings is 9. The first kappa shape index (κ1) is 31.2. The van der Waals surface area contributed by atoms with E-state index in [0.29, 0.717) is 5.82 Å². The van der Waals surface area contributed by atoms with Crippen LogP contribution in [0.5, 0.6) is 0 Å². The Morgan fingerprint density at radius 2 is 0.929 bits per heavy atom. The van der Waals surface area contributed by atoms with Crippen molar-refractivity contribution in [3.8, 4) is 50.7 Å². The predicted octanol–water partition coefficient (Wildman–Crippen LogP) is 14.4. The zero-order valence-corrected chi connectivity index (χ0v) is 31.0. The molecule has 4 heteroatoms. The summed E-state index contributed by atoms with van der Waals surface area (Å²) in [5, 5.41) is 10.2. The molecule has 0 aliphatic carbocycles. The van der Waals surface area contributed by atoms with Gasteiger partial charge < -0.3 is 4.57 Å². The molecule has 12 aromatic rings. The maximum absolute atomic E-state index is 5.27. The molecule has 3 heterocycles. The van der Waals surface area contributed by atoms with Crippen LogP contribution in [0.1, 0.15) is 0 Å². The van der Waals surface area contributed by atoms with Crippen molar-refractivity contribution in [1.29, 1.82) is 0 Å². The van der Waals surface area contributed by atoms with Gasteiger partial charge in [0, 0.05) is 53.0 Å². The molecule has 12 rings (SSSR count). The van der Waals surface area contributed by atoms with Crippen molar-refractivity contribution in [3.05, 3.63) is 188 Å². The predicted molar refractivity (Wildman–Crippen MR) is 237 cm³/mol. The Labute approximate surface area is 326 Å². The van der Waals surface area contributed by atoms with Crippen LogP contribution in [-0.4, -0.2) is 14.5 Å². The molecule has 0 amide bonds. The van der Waals surface area contributed by atoms with Gasteiger partial charge in [0.2, 0.25) is 0 Å². The summed E-state index contributed by atoms with van der Waals surface area (Å²) in [4.78, 5) is 10.4. The van der Waals surface area contributed by atoms with Crippen molar-refractivity contribution in [3.63, 3.8) is 0 Å². The highest BCUT2D eigenvalue weighted by atomic mass is 32.1. The summed E-state index contributed by atoms with van der Waals surface area (Å²) in [6.45, 7) is 0. The first-order valence-corrected chi connectivity index (χ1v) is 19.8. The van der Waals surface area contributed by atoms with Crippen molar-refractivity contribution in [2.24, 2.45) is 0 Å². The molecule has 0 aliphatic heterocycles. The second-order valence-electron chi connectivity index (χ2n) is 14.5. The van der Waals surface area contributed by atoms with Crippen LogP contribution in [-0.2, 0) is 0 Å². The van der Waals surface area contributed by atoms with E-state index in [4.69, 9.17) is 9.97 Å². The van der Waals surface area contributed by atoms with Gasteiger partial charge in [0.1, 0.15) is 0 Å². The Morgan fingerprint density at radius 3 is 1.59 bits per heavy atom. The Hall–Kier alpha value is -7.14. The molecule has 0 unspecified atom stereocenters. The van der Waals surface area contributed by atoms with Crippen LogP contribution in [0.2, 0.25) is 0 Å². The van der Waals surface area contributed by atoms with Gasteiger partial charge in [-0.1, -0.05) is 152 Å². The Morgan fingerprint density at radius 1 is 0.375 bits per heavy atom. The minimum Gasteiger partial charge on any atom is -0.309 e. The highest BCUT2D eigenvalue weighted by Gasteiger charge is 2.22. The summed E-state index contributed by atoms with van der Waals surface area (Å²) in [7, 11) is 0. The fourth-order valence-corrected chi connectivity index (χ4v) is 10.0. The summed E-state index contributed by atoms with van der Waals surface area (Å²) >= 11 is 1.89. The van der Waals surface area contributed by atoms with Crippen LogP contribution in [0, 0.1) is 0 Å². The molecular weight excluding hydrogens is 699 g/mol. The van der Waals surface area contributed by atoms with Gasteiger partial charge in [0.25, 0.3) is 0 Å². The van der Waals surface area contributed by atoms with E-state index in [0.717, 1.165) is 39.2 Å². The molecule has 0 radical (unpaired) electrons. The van der Waals surface area contributed by atoms with Crippen molar-refractivity contribution < 1.29 is 0 Å². The summed E-state index contributed by atoms with van der Waals surface area (Å²) in [5.41, 5.74) is 10.9. The van der Waals surface area contributed by atoms with E-state index in [2.05, 4.69) is 174 Å². The van der Waals surface area contributed by atoms with Gasteiger partial charge in [-0.3, -0.25) is 0 Å². The number of aromatic nitrogens is 3. The van der Waals surface area contributed by atoms with E-state index in [1.165, 1.54) is 69.3 Å². The number of hydrogen-bond acceptors (Lipinski definition) is 3. The SMILES string of the molecule is c1ccc(-c2ccc(-c3cc(-c4ccc(-n5c6ccc7cccc8sc9cccc%10ccc5c(c%109)c6c78)c5ccccc45)nc(-c4ccccc4)n3)cc2)cc1. The van der Waals surface area contributed by atoms with E-state index in [9.17, 15) is 0 Å². The standard InChI is InChI=1S/C52H31N3S/c1-3-11-32(12-4-1)33-21-23-34(24-22-33)41-31-42(54-52(53-41)37-13-5-2-6-14-37)39-27-30-43(40-18-8-7-17-38(39)40)55-44-28-25-35-15-9-19-46-48(35)50(44)51-45(55)29-26-36-16-10-20-47(56-46)49(36)51/h1-31H. The van der Waals surface area contributed by atoms with Gasteiger partial charge >= 0.3 is 0 Å². The topological polar surface area (TPSA) is 30.7 Å². The lowest BCUT2D eigenvalue weighted by Gasteiger charge is -2.16. The number of hydrogen-bond donors (Lipinski definition) is 0. The Bertz CT molecular complexity index is 3350. The molecule has 0 bridgehead atoms. The monoisotopic (exact) mass is 729 g/mol. The first-order chi connectivity index (χ1) is 27.8. The fourth-order valence-electron chi connectivity index (χ4n) is 8.84. The van der Waals surface area contributed by atoms with Crippen molar-refractivity contribution in [1.82, 2.24) is 14.5 Å². The molecule has 0 saturated heterocycles. The van der Waals surface area contributed by atoms with Crippen LogP contribution < -0.4 is 0 Å². The van der Waals surface area contributed by atoms with E-state index < -0.39 is 0 Å². The van der Waals surface area contributed by atoms with Gasteiger partial charge in [-0.2, -0.15) is 0 Å². The zero-order chi connectivity index (χ0) is 36.7. The molecule has 3 nitrogen and oxygen atoms in total. The second-order valence-corrected chi connectivity index (χ2v) is 15.6. The van der Waals surface area contributed by atoms with Crippen molar-refractivity contribution in [2.45, 2.75) is 0 Å². The summed E-state index contributed by atoms with van der Waals surface area (Å²) in [6.07, 6.45) is 0. The van der Waals surface area contributed by atoms with Gasteiger partial charge in [-0.25, -0.2) is 9.97 Å². The second kappa shape index (κ2) is 12.2. The Balaban J connectivity index is 1.10. The third kappa shape index (κ3) is 4.70. The lowest BCUT2D eigenvalue weighted by molar-refractivity contribution is 1.18. The van der Waals surface area contributed by atoms with Crippen LogP contribution in [0.3, 0.4) is 0 Å². The summed E-state index contributed by atoms with van der Waals surface area (Å²) < 4.78 is 5.10. The normalized spacial score (nSPS) is 11.9. The smallest absolute Gasteiger partial charge is 0.160 e. The minimum absolute atomic E-state index is 0.707. The van der Waals surface area contributed by atoms with Crippen molar-refractivity contribution >= 4 is 74.9 Å². The van der Waals surface area contributed by atoms with E-state index in [1.807, 2.05) is 29.5 Å². The maximum Gasteiger partial charge on any atom is 0.160 e. The van der Waals surface area contributed by atoms with Gasteiger partial charge in [0.05, 0.1) is 28.1 Å². The average molecular weight is 730 g/mol. The molecule has 260 valence electrons. The number of fused-ring (bicyclic) bond motifs is 1. The van der Waals surface area contributed by atoms with Gasteiger partial charge in [0.15, 0.2) is 5.82 Å². The molecule has 9 aromatic carbocycles. The lowest BCUT2D eigenvalue weighted by Crippen LogP contribution is -1.99. The molecule has 0 spiro atoms. The van der Waals surface area contributed by atoms with Crippen LogP contribution in [0.15, 0.2) is 188 Å². The molecule has 0 fully saturated rings. The molecule has 56 heavy (non-hydrogen) atoms. The average Bonchev–Trinajstić information content (AvgIpc) is 3.52. The third-order valence-corrected chi connectivity index (χ3v) is 12.5. The third-order valence-electron chi connectivity index (χ3n) is 11.4. The molecular formula is C52H31N3S. The van der Waals surface area contributed by atoms with E-state index in [1.54, 1.807) is 0 Å². The van der Waals surface area contributed by atoms with Gasteiger partial charge in [-0.15, -0.1) is 11.3 Å². The number of nitrogens with zero attached hydrogens (tertiary/aromatic N) is 3. The number of rotatable bonds is 5. The zero-order valence-electron chi connectivity index (χ0n) is 30.1. The first-order valence-electron chi connectivity index (χ1n) is 19.0. The fraction of sp³-hybridized carbons (Fsp3) is 0. The maximum atomic E-state index is 5.27. The van der Waals surface area contributed by atoms with Crippen LogP contribution >= 0.6 is 11.3 Å². The van der Waals surface area contributed by atoms with E-state index in [-0.39, 0.29) is 0 Å². The van der Waals surface area contributed by atoms with Gasteiger partial charge in [-0.05, 0) is 63.7 Å².